The molecular formula is C26H33N. The number of nitrogens with zero attached hydrogens (tertiary/aromatic N) is 1. The molecule has 0 N–H and O–H groups in total. The van der Waals surface area contributed by atoms with Crippen LogP contribution in [0.25, 0.3) is 11.1 Å². The highest BCUT2D eigenvalue weighted by Gasteiger charge is 2.22. The van der Waals surface area contributed by atoms with Crippen molar-refractivity contribution in [2.24, 2.45) is 5.92 Å². The molecule has 0 unspecified atom stereocenters. The third-order valence-corrected chi connectivity index (χ3v) is 6.30. The van der Waals surface area contributed by atoms with E-state index in [1.165, 1.54) is 69.8 Å². The molecule has 142 valence electrons. The van der Waals surface area contributed by atoms with Gasteiger partial charge in [0.15, 0.2) is 0 Å². The van der Waals surface area contributed by atoms with Crippen LogP contribution in [0.2, 0.25) is 0 Å². The predicted molar refractivity (Wildman–Crippen MR) is 115 cm³/mol. The molecule has 27 heavy (non-hydrogen) atoms. The number of benzene rings is 2. The maximum absolute atomic E-state index is 9.32. The summed E-state index contributed by atoms with van der Waals surface area (Å²) in [6.45, 7) is 2.29. The summed E-state index contributed by atoms with van der Waals surface area (Å²) in [7, 11) is 0. The number of hydrogen-bond acceptors (Lipinski definition) is 1. The Balaban J connectivity index is 1.51. The second-order valence-electron chi connectivity index (χ2n) is 8.20. The SMILES string of the molecule is CCCCCCCC1CCC(c2ccc(-c3ccccc3C#N)cc2)CC1. The van der Waals surface area contributed by atoms with Gasteiger partial charge in [0, 0.05) is 0 Å². The number of unbranched alkanes of at least 4 members (excludes halogenated alkanes) is 4. The fraction of sp³-hybridized carbons (Fsp3) is 0.500. The van der Waals surface area contributed by atoms with Gasteiger partial charge in [0.25, 0.3) is 0 Å². The van der Waals surface area contributed by atoms with Crippen molar-refractivity contribution >= 4 is 0 Å². The maximum atomic E-state index is 9.32. The minimum atomic E-state index is 0.724. The lowest BCUT2D eigenvalue weighted by molar-refractivity contribution is 0.302. The van der Waals surface area contributed by atoms with Crippen LogP contribution in [0.4, 0.5) is 0 Å². The fourth-order valence-corrected chi connectivity index (χ4v) is 4.59. The second-order valence-corrected chi connectivity index (χ2v) is 8.20. The van der Waals surface area contributed by atoms with Crippen LogP contribution in [0.15, 0.2) is 48.5 Å². The molecule has 1 fully saturated rings. The Morgan fingerprint density at radius 3 is 2.26 bits per heavy atom. The second kappa shape index (κ2) is 10.3. The molecule has 0 radical (unpaired) electrons. The van der Waals surface area contributed by atoms with Gasteiger partial charge in [-0.25, -0.2) is 0 Å². The summed E-state index contributed by atoms with van der Waals surface area (Å²) in [5, 5.41) is 9.32. The highest BCUT2D eigenvalue weighted by molar-refractivity contribution is 5.70. The summed E-state index contributed by atoms with van der Waals surface area (Å²) in [6.07, 6.45) is 14.0. The Labute approximate surface area is 165 Å². The Kier molecular flexibility index (Phi) is 7.52. The monoisotopic (exact) mass is 359 g/mol. The molecule has 1 aliphatic rings. The summed E-state index contributed by atoms with van der Waals surface area (Å²) >= 11 is 0. The molecule has 1 heteroatoms. The van der Waals surface area contributed by atoms with E-state index >= 15 is 0 Å². The molecule has 0 amide bonds. The quantitative estimate of drug-likeness (QED) is 0.440. The molecule has 1 saturated carbocycles. The first-order valence-corrected chi connectivity index (χ1v) is 10.9. The van der Waals surface area contributed by atoms with E-state index in [2.05, 4.69) is 37.3 Å². The van der Waals surface area contributed by atoms with Crippen LogP contribution in [-0.2, 0) is 0 Å². The minimum absolute atomic E-state index is 0.724. The smallest absolute Gasteiger partial charge is 0.0998 e. The first-order valence-electron chi connectivity index (χ1n) is 10.9. The van der Waals surface area contributed by atoms with Crippen LogP contribution >= 0.6 is 0 Å². The van der Waals surface area contributed by atoms with E-state index in [4.69, 9.17) is 0 Å². The minimum Gasteiger partial charge on any atom is -0.192 e. The van der Waals surface area contributed by atoms with E-state index in [1.807, 2.05) is 24.3 Å². The average Bonchev–Trinajstić information content (AvgIpc) is 2.74. The van der Waals surface area contributed by atoms with Gasteiger partial charge in [-0.15, -0.1) is 0 Å². The zero-order chi connectivity index (χ0) is 18.9. The molecule has 0 aromatic heterocycles. The number of rotatable bonds is 8. The normalized spacial score (nSPS) is 19.6. The topological polar surface area (TPSA) is 23.8 Å². The van der Waals surface area contributed by atoms with Crippen LogP contribution in [-0.4, -0.2) is 0 Å². The highest BCUT2D eigenvalue weighted by atomic mass is 14.3. The molecule has 0 bridgehead atoms. The molecule has 1 aliphatic carbocycles. The molecule has 0 saturated heterocycles. The van der Waals surface area contributed by atoms with Gasteiger partial charge >= 0.3 is 0 Å². The summed E-state index contributed by atoms with van der Waals surface area (Å²) < 4.78 is 0. The zero-order valence-electron chi connectivity index (χ0n) is 16.8. The first kappa shape index (κ1) is 19.7. The Morgan fingerprint density at radius 1 is 0.852 bits per heavy atom. The molecule has 2 aromatic rings. The predicted octanol–water partition coefficient (Wildman–Crippen LogP) is 7.86. The van der Waals surface area contributed by atoms with Crippen molar-refractivity contribution in [2.75, 3.05) is 0 Å². The van der Waals surface area contributed by atoms with Crippen molar-refractivity contribution in [3.8, 4) is 17.2 Å². The molecule has 0 spiro atoms. The Morgan fingerprint density at radius 2 is 1.56 bits per heavy atom. The summed E-state index contributed by atoms with van der Waals surface area (Å²) in [5.74, 6) is 1.69. The average molecular weight is 360 g/mol. The van der Waals surface area contributed by atoms with Gasteiger partial charge in [-0.1, -0.05) is 87.9 Å². The van der Waals surface area contributed by atoms with Gasteiger partial charge < -0.3 is 0 Å². The van der Waals surface area contributed by atoms with Crippen LogP contribution < -0.4 is 0 Å². The summed E-state index contributed by atoms with van der Waals surface area (Å²) in [6, 6.07) is 19.2. The van der Waals surface area contributed by atoms with Crippen molar-refractivity contribution in [2.45, 2.75) is 77.0 Å². The van der Waals surface area contributed by atoms with Crippen molar-refractivity contribution in [3.63, 3.8) is 0 Å². The van der Waals surface area contributed by atoms with E-state index in [0.29, 0.717) is 0 Å². The van der Waals surface area contributed by atoms with Gasteiger partial charge in [0.1, 0.15) is 0 Å². The Bertz CT molecular complexity index is 730. The lowest BCUT2D eigenvalue weighted by Crippen LogP contribution is -2.13. The first-order chi connectivity index (χ1) is 13.3. The van der Waals surface area contributed by atoms with Gasteiger partial charge in [-0.2, -0.15) is 5.26 Å². The van der Waals surface area contributed by atoms with Gasteiger partial charge in [-0.3, -0.25) is 0 Å². The summed E-state index contributed by atoms with van der Waals surface area (Å²) in [5.41, 5.74) is 4.43. The highest BCUT2D eigenvalue weighted by Crippen LogP contribution is 2.38. The molecule has 0 atom stereocenters. The van der Waals surface area contributed by atoms with Gasteiger partial charge in [0.05, 0.1) is 11.6 Å². The molecule has 0 aliphatic heterocycles. The van der Waals surface area contributed by atoms with E-state index < -0.39 is 0 Å². The lowest BCUT2D eigenvalue weighted by Gasteiger charge is -2.29. The summed E-state index contributed by atoms with van der Waals surface area (Å²) in [4.78, 5) is 0. The maximum Gasteiger partial charge on any atom is 0.0998 e. The van der Waals surface area contributed by atoms with Crippen LogP contribution in [0.5, 0.6) is 0 Å². The van der Waals surface area contributed by atoms with Gasteiger partial charge in [0.2, 0.25) is 0 Å². The molecule has 1 nitrogen and oxygen atoms in total. The Hall–Kier alpha value is -2.07. The van der Waals surface area contributed by atoms with Crippen molar-refractivity contribution in [1.29, 1.82) is 5.26 Å². The standard InChI is InChI=1S/C26H33N/c1-2-3-4-5-6-9-21-12-14-22(15-13-21)23-16-18-24(19-17-23)26-11-8-7-10-25(26)20-27/h7-8,10-11,16-19,21-22H,2-6,9,12-15H2,1H3. The number of nitriles is 1. The van der Waals surface area contributed by atoms with Crippen molar-refractivity contribution in [3.05, 3.63) is 59.7 Å². The molecule has 3 rings (SSSR count). The molecular weight excluding hydrogens is 326 g/mol. The van der Waals surface area contributed by atoms with Crippen molar-refractivity contribution in [1.82, 2.24) is 0 Å². The molecule has 0 heterocycles. The fourth-order valence-electron chi connectivity index (χ4n) is 4.59. The lowest BCUT2D eigenvalue weighted by atomic mass is 9.77. The zero-order valence-corrected chi connectivity index (χ0v) is 16.8. The van der Waals surface area contributed by atoms with E-state index in [9.17, 15) is 5.26 Å². The molecule has 2 aromatic carbocycles. The largest absolute Gasteiger partial charge is 0.192 e. The van der Waals surface area contributed by atoms with Crippen LogP contribution in [0, 0.1) is 17.2 Å². The van der Waals surface area contributed by atoms with Crippen LogP contribution in [0.3, 0.4) is 0 Å². The van der Waals surface area contributed by atoms with E-state index in [0.717, 1.165) is 28.5 Å². The third-order valence-electron chi connectivity index (χ3n) is 6.30. The van der Waals surface area contributed by atoms with E-state index in [-0.39, 0.29) is 0 Å². The van der Waals surface area contributed by atoms with Crippen LogP contribution in [0.1, 0.15) is 88.2 Å². The van der Waals surface area contributed by atoms with Crippen molar-refractivity contribution < 1.29 is 0 Å². The van der Waals surface area contributed by atoms with E-state index in [1.54, 1.807) is 0 Å². The number of hydrogen-bond donors (Lipinski definition) is 0. The third kappa shape index (κ3) is 5.46. The van der Waals surface area contributed by atoms with Gasteiger partial charge in [-0.05, 0) is 60.3 Å².